The number of piperidine rings is 1. The number of nitrogens with zero attached hydrogens (tertiary/aromatic N) is 1. The molecular formula is C18H26N2O3. The Morgan fingerprint density at radius 3 is 2.52 bits per heavy atom. The number of amides is 2. The van der Waals surface area contributed by atoms with Gasteiger partial charge in [-0.15, -0.1) is 0 Å². The zero-order valence-corrected chi connectivity index (χ0v) is 14.2. The lowest BCUT2D eigenvalue weighted by atomic mass is 9.96. The molecule has 2 amide bonds. The highest BCUT2D eigenvalue weighted by Gasteiger charge is 2.25. The Labute approximate surface area is 138 Å². The van der Waals surface area contributed by atoms with E-state index in [0.29, 0.717) is 25.6 Å². The fourth-order valence-electron chi connectivity index (χ4n) is 2.89. The monoisotopic (exact) mass is 318 g/mol. The van der Waals surface area contributed by atoms with Crippen LogP contribution < -0.4 is 5.32 Å². The van der Waals surface area contributed by atoms with E-state index in [1.165, 1.54) is 0 Å². The maximum absolute atomic E-state index is 12.5. The Bertz CT molecular complexity index is 549. The smallest absolute Gasteiger partial charge is 0.409 e. The summed E-state index contributed by atoms with van der Waals surface area (Å²) in [5, 5.41) is 3.10. The average Bonchev–Trinajstić information content (AvgIpc) is 2.55. The van der Waals surface area contributed by atoms with Gasteiger partial charge in [-0.25, -0.2) is 4.79 Å². The van der Waals surface area contributed by atoms with Crippen LogP contribution in [0.2, 0.25) is 0 Å². The fourth-order valence-corrected chi connectivity index (χ4v) is 2.89. The van der Waals surface area contributed by atoms with E-state index < -0.39 is 0 Å². The normalized spacial score (nSPS) is 15.6. The first-order valence-electron chi connectivity index (χ1n) is 8.34. The van der Waals surface area contributed by atoms with Gasteiger partial charge < -0.3 is 15.0 Å². The lowest BCUT2D eigenvalue weighted by Gasteiger charge is -2.31. The average molecular weight is 318 g/mol. The van der Waals surface area contributed by atoms with Crippen molar-refractivity contribution in [3.63, 3.8) is 0 Å². The van der Waals surface area contributed by atoms with Gasteiger partial charge in [-0.1, -0.05) is 32.0 Å². The van der Waals surface area contributed by atoms with Crippen LogP contribution in [0.1, 0.15) is 55.5 Å². The molecule has 0 spiro atoms. The SMILES string of the molecule is CCOC(=O)N1CCC(NC(=O)c2ccccc2C(C)C)CC1. The number of ether oxygens (including phenoxy) is 1. The number of benzene rings is 1. The summed E-state index contributed by atoms with van der Waals surface area (Å²) in [5.41, 5.74) is 1.81. The van der Waals surface area contributed by atoms with Crippen molar-refractivity contribution >= 4 is 12.0 Å². The molecule has 1 aliphatic heterocycles. The molecule has 23 heavy (non-hydrogen) atoms. The third-order valence-corrected chi connectivity index (χ3v) is 4.18. The number of likely N-dealkylation sites (tertiary alicyclic amines) is 1. The van der Waals surface area contributed by atoms with Crippen LogP contribution in [-0.4, -0.2) is 42.6 Å². The van der Waals surface area contributed by atoms with Crippen molar-refractivity contribution in [3.05, 3.63) is 35.4 Å². The maximum Gasteiger partial charge on any atom is 0.409 e. The molecule has 0 unspecified atom stereocenters. The molecule has 1 saturated heterocycles. The van der Waals surface area contributed by atoms with Crippen molar-refractivity contribution < 1.29 is 14.3 Å². The first kappa shape index (κ1) is 17.3. The maximum atomic E-state index is 12.5. The van der Waals surface area contributed by atoms with E-state index in [0.717, 1.165) is 24.0 Å². The van der Waals surface area contributed by atoms with Gasteiger partial charge in [0, 0.05) is 24.7 Å². The van der Waals surface area contributed by atoms with E-state index in [-0.39, 0.29) is 18.0 Å². The summed E-state index contributed by atoms with van der Waals surface area (Å²) in [7, 11) is 0. The van der Waals surface area contributed by atoms with Gasteiger partial charge in [0.15, 0.2) is 0 Å². The first-order valence-corrected chi connectivity index (χ1v) is 8.34. The number of hydrogen-bond donors (Lipinski definition) is 1. The number of nitrogens with one attached hydrogen (secondary N) is 1. The number of carbonyl (C=O) groups excluding carboxylic acids is 2. The molecule has 0 aliphatic carbocycles. The van der Waals surface area contributed by atoms with E-state index in [4.69, 9.17) is 4.74 Å². The molecule has 0 atom stereocenters. The van der Waals surface area contributed by atoms with E-state index in [2.05, 4.69) is 19.2 Å². The van der Waals surface area contributed by atoms with Gasteiger partial charge in [0.1, 0.15) is 0 Å². The van der Waals surface area contributed by atoms with Crippen molar-refractivity contribution in [2.75, 3.05) is 19.7 Å². The minimum absolute atomic E-state index is 0.0242. The molecule has 0 aromatic heterocycles. The van der Waals surface area contributed by atoms with Gasteiger partial charge in [-0.2, -0.15) is 0 Å². The molecule has 1 aliphatic rings. The predicted octanol–water partition coefficient (Wildman–Crippen LogP) is 3.16. The van der Waals surface area contributed by atoms with Crippen LogP contribution in [0.3, 0.4) is 0 Å². The molecule has 0 saturated carbocycles. The Morgan fingerprint density at radius 1 is 1.26 bits per heavy atom. The second-order valence-corrected chi connectivity index (χ2v) is 6.18. The van der Waals surface area contributed by atoms with Gasteiger partial charge in [0.05, 0.1) is 6.61 Å². The summed E-state index contributed by atoms with van der Waals surface area (Å²) in [6.45, 7) is 7.61. The predicted molar refractivity (Wildman–Crippen MR) is 89.6 cm³/mol. The standard InChI is InChI=1S/C18H26N2O3/c1-4-23-18(22)20-11-9-14(10-12-20)19-17(21)16-8-6-5-7-15(16)13(2)3/h5-8,13-14H,4,9-12H2,1-3H3,(H,19,21). The molecular weight excluding hydrogens is 292 g/mol. The highest BCUT2D eigenvalue weighted by atomic mass is 16.6. The van der Waals surface area contributed by atoms with Crippen LogP contribution in [0.15, 0.2) is 24.3 Å². The second-order valence-electron chi connectivity index (χ2n) is 6.18. The second kappa shape index (κ2) is 7.99. The molecule has 1 aromatic rings. The van der Waals surface area contributed by atoms with Crippen LogP contribution in [0.5, 0.6) is 0 Å². The van der Waals surface area contributed by atoms with Gasteiger partial charge in [-0.3, -0.25) is 4.79 Å². The zero-order valence-electron chi connectivity index (χ0n) is 14.2. The highest BCUT2D eigenvalue weighted by molar-refractivity contribution is 5.96. The van der Waals surface area contributed by atoms with Gasteiger partial charge >= 0.3 is 6.09 Å². The van der Waals surface area contributed by atoms with Crippen molar-refractivity contribution in [2.24, 2.45) is 0 Å². The molecule has 1 heterocycles. The molecule has 5 heteroatoms. The molecule has 1 aromatic carbocycles. The molecule has 5 nitrogen and oxygen atoms in total. The summed E-state index contributed by atoms with van der Waals surface area (Å²) in [4.78, 5) is 25.9. The largest absolute Gasteiger partial charge is 0.450 e. The van der Waals surface area contributed by atoms with E-state index in [1.54, 1.807) is 11.8 Å². The van der Waals surface area contributed by atoms with Crippen LogP contribution in [-0.2, 0) is 4.74 Å². The van der Waals surface area contributed by atoms with E-state index >= 15 is 0 Å². The molecule has 2 rings (SSSR count). The summed E-state index contributed by atoms with van der Waals surface area (Å²) in [6, 6.07) is 7.84. The number of hydrogen-bond acceptors (Lipinski definition) is 3. The van der Waals surface area contributed by atoms with Crippen molar-refractivity contribution in [1.82, 2.24) is 10.2 Å². The Morgan fingerprint density at radius 2 is 1.91 bits per heavy atom. The van der Waals surface area contributed by atoms with Crippen molar-refractivity contribution in [3.8, 4) is 0 Å². The van der Waals surface area contributed by atoms with Crippen LogP contribution in [0, 0.1) is 0 Å². The van der Waals surface area contributed by atoms with Crippen LogP contribution >= 0.6 is 0 Å². The first-order chi connectivity index (χ1) is 11.0. The van der Waals surface area contributed by atoms with E-state index in [1.807, 2.05) is 24.3 Å². The molecule has 1 N–H and O–H groups in total. The van der Waals surface area contributed by atoms with Crippen LogP contribution in [0.25, 0.3) is 0 Å². The minimum atomic E-state index is -0.262. The third-order valence-electron chi connectivity index (χ3n) is 4.18. The third kappa shape index (κ3) is 4.47. The summed E-state index contributed by atoms with van der Waals surface area (Å²) < 4.78 is 5.01. The Balaban J connectivity index is 1.92. The quantitative estimate of drug-likeness (QED) is 0.927. The van der Waals surface area contributed by atoms with Crippen molar-refractivity contribution in [1.29, 1.82) is 0 Å². The van der Waals surface area contributed by atoms with E-state index in [9.17, 15) is 9.59 Å². The number of carbonyl (C=O) groups is 2. The number of rotatable bonds is 4. The van der Waals surface area contributed by atoms with Gasteiger partial charge in [0.2, 0.25) is 0 Å². The highest BCUT2D eigenvalue weighted by Crippen LogP contribution is 2.20. The lowest BCUT2D eigenvalue weighted by molar-refractivity contribution is 0.0859. The Hall–Kier alpha value is -2.04. The molecule has 126 valence electrons. The zero-order chi connectivity index (χ0) is 16.8. The van der Waals surface area contributed by atoms with Crippen molar-refractivity contribution in [2.45, 2.75) is 45.6 Å². The fraction of sp³-hybridized carbons (Fsp3) is 0.556. The molecule has 0 bridgehead atoms. The van der Waals surface area contributed by atoms with Crippen LogP contribution in [0.4, 0.5) is 4.79 Å². The minimum Gasteiger partial charge on any atom is -0.450 e. The summed E-state index contributed by atoms with van der Waals surface area (Å²) in [5.74, 6) is 0.284. The Kier molecular flexibility index (Phi) is 6.02. The van der Waals surface area contributed by atoms with Gasteiger partial charge in [-0.05, 0) is 37.3 Å². The summed E-state index contributed by atoms with van der Waals surface area (Å²) in [6.07, 6.45) is 1.26. The topological polar surface area (TPSA) is 58.6 Å². The van der Waals surface area contributed by atoms with Gasteiger partial charge in [0.25, 0.3) is 5.91 Å². The lowest BCUT2D eigenvalue weighted by Crippen LogP contribution is -2.46. The molecule has 1 fully saturated rings. The molecule has 0 radical (unpaired) electrons. The summed E-state index contributed by atoms with van der Waals surface area (Å²) >= 11 is 0.